The fourth-order valence-electron chi connectivity index (χ4n) is 10.4. The molecule has 0 amide bonds. The molecule has 3 heteroatoms. The van der Waals surface area contributed by atoms with Crippen molar-refractivity contribution in [1.82, 2.24) is 13.7 Å². The molecule has 13 aromatic rings. The van der Waals surface area contributed by atoms with Gasteiger partial charge in [-0.3, -0.25) is 0 Å². The van der Waals surface area contributed by atoms with Crippen molar-refractivity contribution in [3.8, 4) is 50.4 Å². The highest BCUT2D eigenvalue weighted by atomic mass is 15.0. The van der Waals surface area contributed by atoms with Crippen LogP contribution in [-0.2, 0) is 0 Å². The molecule has 63 heavy (non-hydrogen) atoms. The highest BCUT2D eigenvalue weighted by Gasteiger charge is 2.21. The topological polar surface area (TPSA) is 14.8 Å². The van der Waals surface area contributed by atoms with E-state index in [0.717, 1.165) is 50.4 Å². The molecule has 0 saturated carbocycles. The van der Waals surface area contributed by atoms with Crippen LogP contribution in [0.4, 0.5) is 0 Å². The van der Waals surface area contributed by atoms with Gasteiger partial charge >= 0.3 is 0 Å². The summed E-state index contributed by atoms with van der Waals surface area (Å²) in [6, 6.07) is 86.7. The summed E-state index contributed by atoms with van der Waals surface area (Å²) in [6.07, 6.45) is 0. The molecule has 294 valence electrons. The summed E-state index contributed by atoms with van der Waals surface area (Å²) in [5, 5.41) is 7.49. The van der Waals surface area contributed by atoms with Gasteiger partial charge in [-0.1, -0.05) is 164 Å². The van der Waals surface area contributed by atoms with E-state index in [1.165, 1.54) is 65.4 Å². The van der Waals surface area contributed by atoms with E-state index in [-0.39, 0.29) is 0 Å². The van der Waals surface area contributed by atoms with Gasteiger partial charge in [-0.05, 0) is 89.5 Å². The molecular formula is C60H39N3. The van der Waals surface area contributed by atoms with E-state index in [4.69, 9.17) is 0 Å². The van der Waals surface area contributed by atoms with Crippen molar-refractivity contribution in [3.05, 3.63) is 237 Å². The zero-order valence-electron chi connectivity index (χ0n) is 34.4. The monoisotopic (exact) mass is 801 g/mol. The predicted octanol–water partition coefficient (Wildman–Crippen LogP) is 16.0. The number of aromatic nitrogens is 3. The zero-order valence-corrected chi connectivity index (χ0v) is 34.4. The molecule has 3 nitrogen and oxygen atoms in total. The number of rotatable bonds is 6. The normalized spacial score (nSPS) is 11.8. The molecule has 0 fully saturated rings. The van der Waals surface area contributed by atoms with Gasteiger partial charge < -0.3 is 13.7 Å². The minimum Gasteiger partial charge on any atom is -0.309 e. The Morgan fingerprint density at radius 3 is 0.619 bits per heavy atom. The van der Waals surface area contributed by atoms with Crippen LogP contribution in [0.15, 0.2) is 237 Å². The molecule has 3 aromatic heterocycles. The molecule has 0 aliphatic rings. The Kier molecular flexibility index (Phi) is 7.91. The van der Waals surface area contributed by atoms with Crippen LogP contribution in [0.2, 0.25) is 0 Å². The van der Waals surface area contributed by atoms with Crippen LogP contribution in [0, 0.1) is 0 Å². The number of fused-ring (bicyclic) bond motifs is 9. The minimum atomic E-state index is 1.14. The van der Waals surface area contributed by atoms with Gasteiger partial charge in [0.05, 0.1) is 50.2 Å². The summed E-state index contributed by atoms with van der Waals surface area (Å²) < 4.78 is 7.35. The number of hydrogen-bond donors (Lipinski definition) is 0. The quantitative estimate of drug-likeness (QED) is 0.159. The van der Waals surface area contributed by atoms with Crippen molar-refractivity contribution < 1.29 is 0 Å². The zero-order chi connectivity index (χ0) is 41.4. The Morgan fingerprint density at radius 2 is 0.381 bits per heavy atom. The number of benzene rings is 10. The number of nitrogens with zero attached hydrogens (tertiary/aromatic N) is 3. The predicted molar refractivity (Wildman–Crippen MR) is 266 cm³/mol. The molecule has 0 N–H and O–H groups in total. The fourth-order valence-corrected chi connectivity index (χ4v) is 10.4. The second-order valence-electron chi connectivity index (χ2n) is 16.5. The molecule has 0 atom stereocenters. The van der Waals surface area contributed by atoms with Crippen LogP contribution >= 0.6 is 0 Å². The molecule has 0 radical (unpaired) electrons. The second-order valence-corrected chi connectivity index (χ2v) is 16.5. The molecule has 0 aliphatic heterocycles. The molecule has 3 heterocycles. The third-order valence-electron chi connectivity index (χ3n) is 13.0. The van der Waals surface area contributed by atoms with E-state index in [9.17, 15) is 0 Å². The van der Waals surface area contributed by atoms with Crippen LogP contribution in [0.1, 0.15) is 0 Å². The summed E-state index contributed by atoms with van der Waals surface area (Å²) in [5.41, 5.74) is 17.5. The van der Waals surface area contributed by atoms with Gasteiger partial charge in [-0.25, -0.2) is 0 Å². The molecule has 0 aliphatic carbocycles. The summed E-state index contributed by atoms with van der Waals surface area (Å²) >= 11 is 0. The largest absolute Gasteiger partial charge is 0.309 e. The van der Waals surface area contributed by atoms with Crippen LogP contribution in [0.25, 0.3) is 116 Å². The first-order valence-corrected chi connectivity index (χ1v) is 21.7. The van der Waals surface area contributed by atoms with Gasteiger partial charge in [0.25, 0.3) is 0 Å². The van der Waals surface area contributed by atoms with Crippen molar-refractivity contribution in [3.63, 3.8) is 0 Å². The lowest BCUT2D eigenvalue weighted by Gasteiger charge is -2.20. The van der Waals surface area contributed by atoms with Gasteiger partial charge in [-0.15, -0.1) is 0 Å². The lowest BCUT2D eigenvalue weighted by atomic mass is 9.91. The Balaban J connectivity index is 1.11. The Hall–Kier alpha value is -8.40. The SMILES string of the molecule is c1ccc(-n2c3ccccc3c3ccccc32)c(-c2cc(-c3ccccc3-n3c4ccccc4c4ccccc43)cc(-c3ccccc3-n3c4ccccc4c4ccccc43)c2)c1. The van der Waals surface area contributed by atoms with Crippen LogP contribution < -0.4 is 0 Å². The maximum Gasteiger partial charge on any atom is 0.0541 e. The first kappa shape index (κ1) is 35.4. The fraction of sp³-hybridized carbons (Fsp3) is 0. The first-order valence-electron chi connectivity index (χ1n) is 21.7. The van der Waals surface area contributed by atoms with Gasteiger partial charge in [0.1, 0.15) is 0 Å². The van der Waals surface area contributed by atoms with Crippen molar-refractivity contribution >= 4 is 65.4 Å². The van der Waals surface area contributed by atoms with Crippen LogP contribution in [0.3, 0.4) is 0 Å². The van der Waals surface area contributed by atoms with Crippen molar-refractivity contribution in [2.24, 2.45) is 0 Å². The van der Waals surface area contributed by atoms with E-state index in [1.54, 1.807) is 0 Å². The second kappa shape index (κ2) is 14.1. The van der Waals surface area contributed by atoms with E-state index in [2.05, 4.69) is 250 Å². The van der Waals surface area contributed by atoms with Gasteiger partial charge in [-0.2, -0.15) is 0 Å². The van der Waals surface area contributed by atoms with E-state index in [0.29, 0.717) is 0 Å². The minimum absolute atomic E-state index is 1.14. The summed E-state index contributed by atoms with van der Waals surface area (Å²) in [5.74, 6) is 0. The number of para-hydroxylation sites is 9. The molecule has 10 aromatic carbocycles. The lowest BCUT2D eigenvalue weighted by Crippen LogP contribution is -2.00. The third-order valence-corrected chi connectivity index (χ3v) is 13.0. The van der Waals surface area contributed by atoms with Gasteiger partial charge in [0, 0.05) is 49.0 Å². The maximum atomic E-state index is 2.45. The Labute approximate surface area is 364 Å². The number of hydrogen-bond acceptors (Lipinski definition) is 0. The first-order chi connectivity index (χ1) is 31.3. The van der Waals surface area contributed by atoms with Crippen LogP contribution in [-0.4, -0.2) is 13.7 Å². The molecule has 13 rings (SSSR count). The van der Waals surface area contributed by atoms with Crippen molar-refractivity contribution in [1.29, 1.82) is 0 Å². The smallest absolute Gasteiger partial charge is 0.0541 e. The molecule has 0 saturated heterocycles. The Bertz CT molecular complexity index is 3350. The van der Waals surface area contributed by atoms with Crippen LogP contribution in [0.5, 0.6) is 0 Å². The van der Waals surface area contributed by atoms with E-state index in [1.807, 2.05) is 0 Å². The van der Waals surface area contributed by atoms with Gasteiger partial charge in [0.2, 0.25) is 0 Å². The summed E-state index contributed by atoms with van der Waals surface area (Å²) in [7, 11) is 0. The van der Waals surface area contributed by atoms with Crippen molar-refractivity contribution in [2.75, 3.05) is 0 Å². The van der Waals surface area contributed by atoms with E-state index < -0.39 is 0 Å². The maximum absolute atomic E-state index is 2.45. The highest BCUT2D eigenvalue weighted by Crippen LogP contribution is 2.43. The Morgan fingerprint density at radius 1 is 0.190 bits per heavy atom. The lowest BCUT2D eigenvalue weighted by molar-refractivity contribution is 1.18. The molecular weight excluding hydrogens is 763 g/mol. The molecule has 0 spiro atoms. The van der Waals surface area contributed by atoms with Gasteiger partial charge in [0.15, 0.2) is 0 Å². The summed E-state index contributed by atoms with van der Waals surface area (Å²) in [4.78, 5) is 0. The molecule has 0 bridgehead atoms. The standard InChI is InChI=1S/C60H39N3/c1-10-28-52(61-55-31-13-4-22-46(55)47-23-5-14-32-56(47)61)43(19-1)40-37-41(44-20-2-11-29-53(44)62-57-33-15-6-24-48(57)49-25-7-16-34-58(49)62)39-42(38-40)45-21-3-12-30-54(45)63-59-35-17-8-26-50(59)51-27-9-18-36-60(51)63/h1-39H. The highest BCUT2D eigenvalue weighted by molar-refractivity contribution is 6.12. The average molecular weight is 802 g/mol. The van der Waals surface area contributed by atoms with E-state index >= 15 is 0 Å². The summed E-state index contributed by atoms with van der Waals surface area (Å²) in [6.45, 7) is 0. The average Bonchev–Trinajstić information content (AvgIpc) is 4.00. The third kappa shape index (κ3) is 5.40. The molecule has 0 unspecified atom stereocenters. The van der Waals surface area contributed by atoms with Crippen molar-refractivity contribution in [2.45, 2.75) is 0 Å².